The first kappa shape index (κ1) is 20.8. The van der Waals surface area contributed by atoms with Gasteiger partial charge in [0.25, 0.3) is 11.8 Å². The zero-order chi connectivity index (χ0) is 20.5. The molecule has 2 N–H and O–H groups in total. The minimum absolute atomic E-state index is 0.0822. The highest BCUT2D eigenvalue weighted by Crippen LogP contribution is 2.25. The molecule has 8 nitrogen and oxygen atoms in total. The second-order valence-corrected chi connectivity index (χ2v) is 5.80. The number of rotatable bonds is 7. The highest BCUT2D eigenvalue weighted by atomic mass is 16.5. The number of benzene rings is 2. The maximum atomic E-state index is 12.1. The molecule has 0 saturated carbocycles. The van der Waals surface area contributed by atoms with Crippen molar-refractivity contribution in [2.45, 2.75) is 19.4 Å². The minimum Gasteiger partial charge on any atom is -0.497 e. The van der Waals surface area contributed by atoms with Crippen LogP contribution in [0.3, 0.4) is 0 Å². The van der Waals surface area contributed by atoms with Gasteiger partial charge in [0.15, 0.2) is 6.10 Å². The molecular formula is C20H22N2O6. The van der Waals surface area contributed by atoms with Crippen molar-refractivity contribution in [3.63, 3.8) is 0 Å². The molecule has 0 spiro atoms. The van der Waals surface area contributed by atoms with Crippen LogP contribution in [0.5, 0.6) is 11.5 Å². The van der Waals surface area contributed by atoms with Crippen molar-refractivity contribution in [2.75, 3.05) is 14.2 Å². The Balaban J connectivity index is 1.86. The molecule has 2 rings (SSSR count). The molecule has 8 heteroatoms. The van der Waals surface area contributed by atoms with Gasteiger partial charge < -0.3 is 14.2 Å². The van der Waals surface area contributed by atoms with Gasteiger partial charge in [0, 0.05) is 17.2 Å². The van der Waals surface area contributed by atoms with Crippen LogP contribution in [0.2, 0.25) is 0 Å². The highest BCUT2D eigenvalue weighted by molar-refractivity contribution is 5.95. The van der Waals surface area contributed by atoms with E-state index in [1.54, 1.807) is 48.5 Å². The number of hydrazine groups is 1. The molecule has 0 saturated heterocycles. The lowest BCUT2D eigenvalue weighted by Crippen LogP contribution is -2.46. The molecule has 0 bridgehead atoms. The molecule has 1 atom stereocenters. The maximum Gasteiger partial charge on any atom is 0.311 e. The number of nitrogens with one attached hydrogen (secondary N) is 2. The van der Waals surface area contributed by atoms with Crippen molar-refractivity contribution < 1.29 is 28.6 Å². The molecule has 0 aliphatic rings. The van der Waals surface area contributed by atoms with Gasteiger partial charge in [0.1, 0.15) is 11.5 Å². The van der Waals surface area contributed by atoms with E-state index in [-0.39, 0.29) is 6.42 Å². The van der Waals surface area contributed by atoms with Crippen LogP contribution >= 0.6 is 0 Å². The molecular weight excluding hydrogens is 364 g/mol. The van der Waals surface area contributed by atoms with Crippen molar-refractivity contribution in [3.05, 3.63) is 59.7 Å². The smallest absolute Gasteiger partial charge is 0.311 e. The van der Waals surface area contributed by atoms with E-state index in [0.29, 0.717) is 22.6 Å². The van der Waals surface area contributed by atoms with Crippen molar-refractivity contribution in [1.82, 2.24) is 10.9 Å². The van der Waals surface area contributed by atoms with E-state index in [9.17, 15) is 14.4 Å². The standard InChI is InChI=1S/C20H22N2O6/c1-13(19(24)21-22-20(25)14-7-5-4-6-8-14)28-18(23)11-15-9-10-16(26-2)12-17(15)27-3/h4-10,12-13H,11H2,1-3H3,(H,21,24)(H,22,25)/t13-/m1/s1. The Morgan fingerprint density at radius 2 is 1.68 bits per heavy atom. The van der Waals surface area contributed by atoms with E-state index in [0.717, 1.165) is 0 Å². The maximum absolute atomic E-state index is 12.1. The second kappa shape index (κ2) is 9.96. The van der Waals surface area contributed by atoms with Gasteiger partial charge in [-0.25, -0.2) is 0 Å². The molecule has 0 aliphatic heterocycles. The highest BCUT2D eigenvalue weighted by Gasteiger charge is 2.20. The average molecular weight is 386 g/mol. The SMILES string of the molecule is COc1ccc(CC(=O)O[C@H](C)C(=O)NNC(=O)c2ccccc2)c(OC)c1. The van der Waals surface area contributed by atoms with E-state index >= 15 is 0 Å². The topological polar surface area (TPSA) is 103 Å². The van der Waals surface area contributed by atoms with Gasteiger partial charge in [0.2, 0.25) is 0 Å². The van der Waals surface area contributed by atoms with E-state index in [4.69, 9.17) is 14.2 Å². The zero-order valence-corrected chi connectivity index (χ0v) is 15.9. The number of amides is 2. The lowest BCUT2D eigenvalue weighted by Gasteiger charge is -2.15. The van der Waals surface area contributed by atoms with Gasteiger partial charge in [0.05, 0.1) is 20.6 Å². The Kier molecular flexibility index (Phi) is 7.38. The molecule has 2 aromatic carbocycles. The first-order valence-electron chi connectivity index (χ1n) is 8.50. The number of hydrogen-bond donors (Lipinski definition) is 2. The van der Waals surface area contributed by atoms with E-state index in [1.165, 1.54) is 21.1 Å². The third kappa shape index (κ3) is 5.73. The van der Waals surface area contributed by atoms with Crippen molar-refractivity contribution >= 4 is 17.8 Å². The predicted octanol–water partition coefficient (Wildman–Crippen LogP) is 1.64. The fourth-order valence-electron chi connectivity index (χ4n) is 2.33. The summed E-state index contributed by atoms with van der Waals surface area (Å²) in [5.41, 5.74) is 5.48. The van der Waals surface area contributed by atoms with Crippen molar-refractivity contribution in [3.8, 4) is 11.5 Å². The van der Waals surface area contributed by atoms with E-state index in [2.05, 4.69) is 10.9 Å². The molecule has 0 unspecified atom stereocenters. The Bertz CT molecular complexity index is 838. The monoisotopic (exact) mass is 386 g/mol. The number of methoxy groups -OCH3 is 2. The normalized spacial score (nSPS) is 11.1. The van der Waals surface area contributed by atoms with Crippen LogP contribution in [-0.4, -0.2) is 38.1 Å². The summed E-state index contributed by atoms with van der Waals surface area (Å²) in [5, 5.41) is 0. The second-order valence-electron chi connectivity index (χ2n) is 5.80. The van der Waals surface area contributed by atoms with Crippen molar-refractivity contribution in [2.24, 2.45) is 0 Å². The quantitative estimate of drug-likeness (QED) is 0.554. The molecule has 148 valence electrons. The number of carbonyl (C=O) groups excluding carboxylic acids is 3. The predicted molar refractivity (Wildman–Crippen MR) is 101 cm³/mol. The zero-order valence-electron chi connectivity index (χ0n) is 15.9. The van der Waals surface area contributed by atoms with Crippen LogP contribution < -0.4 is 20.3 Å². The Labute approximate surface area is 162 Å². The van der Waals surface area contributed by atoms with Crippen LogP contribution in [0.15, 0.2) is 48.5 Å². The summed E-state index contributed by atoms with van der Waals surface area (Å²) in [7, 11) is 3.01. The minimum atomic E-state index is -1.09. The summed E-state index contributed by atoms with van der Waals surface area (Å²) in [6.07, 6.45) is -1.17. The molecule has 28 heavy (non-hydrogen) atoms. The number of carbonyl (C=O) groups is 3. The van der Waals surface area contributed by atoms with E-state index in [1.807, 2.05) is 0 Å². The molecule has 2 amide bonds. The number of ether oxygens (including phenoxy) is 3. The third-order valence-electron chi connectivity index (χ3n) is 3.84. The molecule has 0 aromatic heterocycles. The lowest BCUT2D eigenvalue weighted by molar-refractivity contribution is -0.154. The fourth-order valence-corrected chi connectivity index (χ4v) is 2.33. The molecule has 2 aromatic rings. The van der Waals surface area contributed by atoms with Crippen LogP contribution in [0.1, 0.15) is 22.8 Å². The third-order valence-corrected chi connectivity index (χ3v) is 3.84. The van der Waals surface area contributed by atoms with Gasteiger partial charge in [-0.05, 0) is 25.1 Å². The summed E-state index contributed by atoms with van der Waals surface area (Å²) in [4.78, 5) is 36.1. The molecule has 0 aliphatic carbocycles. The summed E-state index contributed by atoms with van der Waals surface area (Å²) in [6, 6.07) is 13.4. The van der Waals surface area contributed by atoms with Crippen LogP contribution in [-0.2, 0) is 20.7 Å². The largest absolute Gasteiger partial charge is 0.497 e. The number of hydrogen-bond acceptors (Lipinski definition) is 6. The Morgan fingerprint density at radius 1 is 0.964 bits per heavy atom. The Morgan fingerprint density at radius 3 is 2.32 bits per heavy atom. The first-order chi connectivity index (χ1) is 13.4. The average Bonchev–Trinajstić information content (AvgIpc) is 2.72. The van der Waals surface area contributed by atoms with Gasteiger partial charge in [-0.3, -0.25) is 25.2 Å². The Hall–Kier alpha value is -3.55. The molecule has 0 heterocycles. The summed E-state index contributed by atoms with van der Waals surface area (Å²) < 4.78 is 15.5. The van der Waals surface area contributed by atoms with E-state index < -0.39 is 23.9 Å². The van der Waals surface area contributed by atoms with Gasteiger partial charge in [-0.1, -0.05) is 24.3 Å². The van der Waals surface area contributed by atoms with Crippen LogP contribution in [0.4, 0.5) is 0 Å². The van der Waals surface area contributed by atoms with Gasteiger partial charge >= 0.3 is 5.97 Å². The lowest BCUT2D eigenvalue weighted by atomic mass is 10.1. The summed E-state index contributed by atoms with van der Waals surface area (Å²) >= 11 is 0. The fraction of sp³-hybridized carbons (Fsp3) is 0.250. The molecule has 0 fully saturated rings. The number of esters is 1. The van der Waals surface area contributed by atoms with Crippen LogP contribution in [0, 0.1) is 0 Å². The first-order valence-corrected chi connectivity index (χ1v) is 8.50. The van der Waals surface area contributed by atoms with Gasteiger partial charge in [-0.2, -0.15) is 0 Å². The summed E-state index contributed by atoms with van der Waals surface area (Å²) in [6.45, 7) is 1.41. The van der Waals surface area contributed by atoms with Gasteiger partial charge in [-0.15, -0.1) is 0 Å². The van der Waals surface area contributed by atoms with Crippen molar-refractivity contribution in [1.29, 1.82) is 0 Å². The van der Waals surface area contributed by atoms with Crippen LogP contribution in [0.25, 0.3) is 0 Å². The summed E-state index contributed by atoms with van der Waals surface area (Å²) in [5.74, 6) is -0.672. The molecule has 0 radical (unpaired) electrons.